The molecule has 0 radical (unpaired) electrons. The molecule has 6 nitrogen and oxygen atoms in total. The van der Waals surface area contributed by atoms with E-state index in [1.807, 2.05) is 13.8 Å². The zero-order chi connectivity index (χ0) is 16.1. The molecule has 1 aromatic carbocycles. The van der Waals surface area contributed by atoms with E-state index >= 15 is 0 Å². The lowest BCUT2D eigenvalue weighted by Crippen LogP contribution is -2.44. The van der Waals surface area contributed by atoms with Crippen LogP contribution >= 0.6 is 0 Å². The molecule has 2 aromatic rings. The quantitative estimate of drug-likeness (QED) is 0.891. The van der Waals surface area contributed by atoms with E-state index in [2.05, 4.69) is 20.8 Å². The Hall–Kier alpha value is -2.51. The van der Waals surface area contributed by atoms with Crippen molar-refractivity contribution >= 4 is 11.7 Å². The molecule has 0 fully saturated rings. The van der Waals surface area contributed by atoms with Gasteiger partial charge in [0.1, 0.15) is 17.3 Å². The molecule has 1 unspecified atom stereocenters. The number of aromatic nitrogens is 3. The maximum absolute atomic E-state index is 13.5. The predicted molar refractivity (Wildman–Crippen MR) is 77.2 cm³/mol. The average molecular weight is 309 g/mol. The van der Waals surface area contributed by atoms with Crippen LogP contribution in [0.3, 0.4) is 0 Å². The summed E-state index contributed by atoms with van der Waals surface area (Å²) in [4.78, 5) is 13.4. The summed E-state index contributed by atoms with van der Waals surface area (Å²) in [5, 5.41) is 12.8. The molecule has 0 aliphatic heterocycles. The lowest BCUT2D eigenvalue weighted by Gasteiger charge is -2.22. The normalized spacial score (nSPS) is 12.2. The Morgan fingerprint density at radius 2 is 1.82 bits per heavy atom. The number of urea groups is 1. The fourth-order valence-electron chi connectivity index (χ4n) is 1.87. The molecule has 8 heteroatoms. The van der Waals surface area contributed by atoms with E-state index in [4.69, 9.17) is 0 Å². The SMILES string of the molecule is CC(C)C(Cn1nccn1)NC(=O)Nc1c(F)cccc1F. The van der Waals surface area contributed by atoms with Crippen molar-refractivity contribution in [3.05, 3.63) is 42.2 Å². The number of para-hydroxylation sites is 1. The Morgan fingerprint density at radius 1 is 1.23 bits per heavy atom. The highest BCUT2D eigenvalue weighted by Crippen LogP contribution is 2.17. The van der Waals surface area contributed by atoms with Gasteiger partial charge in [-0.05, 0) is 18.1 Å². The second kappa shape index (κ2) is 6.97. The lowest BCUT2D eigenvalue weighted by molar-refractivity contribution is 0.239. The Kier molecular flexibility index (Phi) is 5.03. The molecule has 1 atom stereocenters. The number of carbonyl (C=O) groups excluding carboxylic acids is 1. The van der Waals surface area contributed by atoms with Crippen molar-refractivity contribution in [2.24, 2.45) is 5.92 Å². The summed E-state index contributed by atoms with van der Waals surface area (Å²) < 4.78 is 27.0. The van der Waals surface area contributed by atoms with Gasteiger partial charge in [-0.2, -0.15) is 15.0 Å². The van der Waals surface area contributed by atoms with E-state index in [-0.39, 0.29) is 12.0 Å². The van der Waals surface area contributed by atoms with Crippen molar-refractivity contribution in [2.45, 2.75) is 26.4 Å². The fourth-order valence-corrected chi connectivity index (χ4v) is 1.87. The molecular weight excluding hydrogens is 292 g/mol. The Balaban J connectivity index is 2.02. The molecule has 2 N–H and O–H groups in total. The van der Waals surface area contributed by atoms with Gasteiger partial charge in [0.25, 0.3) is 0 Å². The van der Waals surface area contributed by atoms with Crippen LogP contribution in [0.4, 0.5) is 19.3 Å². The predicted octanol–water partition coefficient (Wildman–Crippen LogP) is 2.40. The number of nitrogens with zero attached hydrogens (tertiary/aromatic N) is 3. The van der Waals surface area contributed by atoms with Gasteiger partial charge in [-0.15, -0.1) is 0 Å². The second-order valence-electron chi connectivity index (χ2n) is 5.13. The van der Waals surface area contributed by atoms with Crippen LogP contribution in [0.15, 0.2) is 30.6 Å². The zero-order valence-corrected chi connectivity index (χ0v) is 12.3. The topological polar surface area (TPSA) is 71.8 Å². The van der Waals surface area contributed by atoms with Crippen LogP contribution < -0.4 is 10.6 Å². The minimum absolute atomic E-state index is 0.0854. The molecule has 0 aliphatic carbocycles. The van der Waals surface area contributed by atoms with Crippen LogP contribution in [0.5, 0.6) is 0 Å². The molecule has 0 saturated heterocycles. The Morgan fingerprint density at radius 3 is 2.36 bits per heavy atom. The Bertz CT molecular complexity index is 610. The smallest absolute Gasteiger partial charge is 0.319 e. The van der Waals surface area contributed by atoms with Crippen molar-refractivity contribution in [3.63, 3.8) is 0 Å². The van der Waals surface area contributed by atoms with Gasteiger partial charge in [0.05, 0.1) is 25.0 Å². The molecule has 2 amide bonds. The third kappa shape index (κ3) is 4.00. The highest BCUT2D eigenvalue weighted by Gasteiger charge is 2.19. The number of amides is 2. The van der Waals surface area contributed by atoms with Gasteiger partial charge < -0.3 is 10.6 Å². The van der Waals surface area contributed by atoms with Crippen LogP contribution in [0, 0.1) is 17.6 Å². The van der Waals surface area contributed by atoms with Crippen molar-refractivity contribution in [3.8, 4) is 0 Å². The summed E-state index contributed by atoms with van der Waals surface area (Å²) in [6, 6.07) is 2.41. The summed E-state index contributed by atoms with van der Waals surface area (Å²) in [6.45, 7) is 4.19. The average Bonchev–Trinajstić information content (AvgIpc) is 2.95. The first-order chi connectivity index (χ1) is 10.5. The molecule has 0 saturated carbocycles. The van der Waals surface area contributed by atoms with Crippen molar-refractivity contribution in [1.29, 1.82) is 0 Å². The standard InChI is InChI=1S/C14H17F2N5O/c1-9(2)12(8-21-17-6-7-18-21)19-14(22)20-13-10(15)4-3-5-11(13)16/h3-7,9,12H,8H2,1-2H3,(H2,19,20,22). The third-order valence-electron chi connectivity index (χ3n) is 3.15. The van der Waals surface area contributed by atoms with Gasteiger partial charge in [0.2, 0.25) is 0 Å². The largest absolute Gasteiger partial charge is 0.333 e. The number of halogens is 2. The molecule has 2 rings (SSSR count). The third-order valence-corrected chi connectivity index (χ3v) is 3.15. The van der Waals surface area contributed by atoms with Crippen molar-refractivity contribution < 1.29 is 13.6 Å². The fraction of sp³-hybridized carbons (Fsp3) is 0.357. The first-order valence-corrected chi connectivity index (χ1v) is 6.83. The number of carbonyl (C=O) groups is 1. The number of anilines is 1. The van der Waals surface area contributed by atoms with Gasteiger partial charge in [-0.1, -0.05) is 19.9 Å². The molecule has 118 valence electrons. The number of hydrogen-bond acceptors (Lipinski definition) is 3. The minimum Gasteiger partial charge on any atom is -0.333 e. The summed E-state index contributed by atoms with van der Waals surface area (Å²) >= 11 is 0. The van der Waals surface area contributed by atoms with Gasteiger partial charge in [0.15, 0.2) is 0 Å². The van der Waals surface area contributed by atoms with E-state index in [1.54, 1.807) is 0 Å². The summed E-state index contributed by atoms with van der Waals surface area (Å²) in [7, 11) is 0. The number of hydrogen-bond donors (Lipinski definition) is 2. The highest BCUT2D eigenvalue weighted by atomic mass is 19.1. The maximum Gasteiger partial charge on any atom is 0.319 e. The van der Waals surface area contributed by atoms with Gasteiger partial charge in [-0.25, -0.2) is 13.6 Å². The Labute approximate surface area is 126 Å². The van der Waals surface area contributed by atoms with Crippen LogP contribution in [0.1, 0.15) is 13.8 Å². The molecule has 0 bridgehead atoms. The first-order valence-electron chi connectivity index (χ1n) is 6.83. The highest BCUT2D eigenvalue weighted by molar-refractivity contribution is 5.89. The second-order valence-corrected chi connectivity index (χ2v) is 5.13. The monoisotopic (exact) mass is 309 g/mol. The number of rotatable bonds is 5. The van der Waals surface area contributed by atoms with Crippen LogP contribution in [-0.4, -0.2) is 27.1 Å². The van der Waals surface area contributed by atoms with E-state index in [0.29, 0.717) is 6.54 Å². The van der Waals surface area contributed by atoms with Crippen molar-refractivity contribution in [2.75, 3.05) is 5.32 Å². The lowest BCUT2D eigenvalue weighted by atomic mass is 10.1. The van der Waals surface area contributed by atoms with Crippen LogP contribution in [0.2, 0.25) is 0 Å². The molecule has 1 heterocycles. The summed E-state index contributed by atoms with van der Waals surface area (Å²) in [5.41, 5.74) is -0.472. The molecule has 0 spiro atoms. The maximum atomic E-state index is 13.5. The first kappa shape index (κ1) is 15.9. The van der Waals surface area contributed by atoms with E-state index in [1.165, 1.54) is 23.3 Å². The van der Waals surface area contributed by atoms with Crippen molar-refractivity contribution in [1.82, 2.24) is 20.3 Å². The summed E-state index contributed by atoms with van der Waals surface area (Å²) in [5.74, 6) is -1.57. The minimum atomic E-state index is -0.829. The molecule has 1 aromatic heterocycles. The van der Waals surface area contributed by atoms with E-state index < -0.39 is 23.4 Å². The zero-order valence-electron chi connectivity index (χ0n) is 12.3. The molecule has 22 heavy (non-hydrogen) atoms. The van der Waals surface area contributed by atoms with E-state index in [0.717, 1.165) is 12.1 Å². The van der Waals surface area contributed by atoms with E-state index in [9.17, 15) is 13.6 Å². The number of nitrogens with one attached hydrogen (secondary N) is 2. The molecular formula is C14H17F2N5O. The van der Waals surface area contributed by atoms with Crippen LogP contribution in [0.25, 0.3) is 0 Å². The molecule has 0 aliphatic rings. The van der Waals surface area contributed by atoms with Gasteiger partial charge in [-0.3, -0.25) is 0 Å². The van der Waals surface area contributed by atoms with Gasteiger partial charge >= 0.3 is 6.03 Å². The van der Waals surface area contributed by atoms with Crippen LogP contribution in [-0.2, 0) is 6.54 Å². The number of benzene rings is 1. The summed E-state index contributed by atoms with van der Waals surface area (Å²) in [6.07, 6.45) is 3.07. The van der Waals surface area contributed by atoms with Gasteiger partial charge in [0, 0.05) is 0 Å².